The Labute approximate surface area is 175 Å². The number of rotatable bonds is 7. The van der Waals surface area contributed by atoms with Gasteiger partial charge in [0.25, 0.3) is 10.0 Å². The highest BCUT2D eigenvalue weighted by molar-refractivity contribution is 7.92. The van der Waals surface area contributed by atoms with E-state index in [1.165, 1.54) is 37.4 Å². The number of hydrogen-bond acceptors (Lipinski definition) is 4. The van der Waals surface area contributed by atoms with Crippen LogP contribution < -0.4 is 14.4 Å². The number of nitrogens with zero attached hydrogens (tertiary/aromatic N) is 1. The smallest absolute Gasteiger partial charge is 0.264 e. The third kappa shape index (κ3) is 4.60. The number of anilines is 2. The number of amides is 1. The minimum atomic E-state index is -4.08. The van der Waals surface area contributed by atoms with Gasteiger partial charge in [-0.3, -0.25) is 9.10 Å². The molecule has 156 valence electrons. The standard InChI is InChI=1S/C22H21FN2O4S/c1-16-14-18(12-13-21(16)29-2)30(27,28)25(17-8-4-3-5-9-17)15-22(26)24-20-11-7-6-10-19(20)23/h3-14H,15H2,1-2H3,(H,24,26). The van der Waals surface area contributed by atoms with Crippen molar-refractivity contribution < 1.29 is 22.3 Å². The molecular weight excluding hydrogens is 407 g/mol. The Hall–Kier alpha value is -3.39. The Balaban J connectivity index is 1.96. The highest BCUT2D eigenvalue weighted by Gasteiger charge is 2.28. The van der Waals surface area contributed by atoms with Crippen LogP contribution in [0.1, 0.15) is 5.56 Å². The van der Waals surface area contributed by atoms with Crippen LogP contribution in [0.25, 0.3) is 0 Å². The molecule has 3 aromatic rings. The van der Waals surface area contributed by atoms with Crippen molar-refractivity contribution in [3.05, 3.63) is 84.2 Å². The maximum absolute atomic E-state index is 13.9. The fraction of sp³-hybridized carbons (Fsp3) is 0.136. The van der Waals surface area contributed by atoms with Gasteiger partial charge in [0.15, 0.2) is 0 Å². The fourth-order valence-corrected chi connectivity index (χ4v) is 4.44. The van der Waals surface area contributed by atoms with E-state index in [1.54, 1.807) is 49.4 Å². The molecule has 1 amide bonds. The van der Waals surface area contributed by atoms with Gasteiger partial charge in [-0.05, 0) is 55.0 Å². The lowest BCUT2D eigenvalue weighted by Crippen LogP contribution is -2.38. The van der Waals surface area contributed by atoms with Gasteiger partial charge in [-0.2, -0.15) is 0 Å². The third-order valence-corrected chi connectivity index (χ3v) is 6.20. The number of hydrogen-bond donors (Lipinski definition) is 1. The molecule has 8 heteroatoms. The van der Waals surface area contributed by atoms with Gasteiger partial charge in [0.2, 0.25) is 5.91 Å². The van der Waals surface area contributed by atoms with Gasteiger partial charge in [0.05, 0.1) is 23.4 Å². The van der Waals surface area contributed by atoms with Crippen molar-refractivity contribution in [2.75, 3.05) is 23.3 Å². The summed E-state index contributed by atoms with van der Waals surface area (Å²) in [6, 6.07) is 18.4. The van der Waals surface area contributed by atoms with Crippen LogP contribution in [0, 0.1) is 12.7 Å². The summed E-state index contributed by atoms with van der Waals surface area (Å²) < 4.78 is 46.8. The molecule has 0 saturated carbocycles. The van der Waals surface area contributed by atoms with Gasteiger partial charge in [0, 0.05) is 0 Å². The van der Waals surface area contributed by atoms with Crippen LogP contribution in [0.15, 0.2) is 77.7 Å². The maximum Gasteiger partial charge on any atom is 0.264 e. The normalized spacial score (nSPS) is 11.0. The number of carbonyl (C=O) groups excluding carboxylic acids is 1. The fourth-order valence-electron chi connectivity index (χ4n) is 2.93. The topological polar surface area (TPSA) is 75.7 Å². The number of carbonyl (C=O) groups is 1. The largest absolute Gasteiger partial charge is 0.496 e. The average molecular weight is 428 g/mol. The molecule has 0 aliphatic carbocycles. The molecule has 6 nitrogen and oxygen atoms in total. The molecule has 3 aromatic carbocycles. The molecule has 0 saturated heterocycles. The highest BCUT2D eigenvalue weighted by atomic mass is 32.2. The molecule has 0 atom stereocenters. The number of halogens is 1. The van der Waals surface area contributed by atoms with Crippen LogP contribution in [0.5, 0.6) is 5.75 Å². The van der Waals surface area contributed by atoms with E-state index in [0.29, 0.717) is 17.0 Å². The summed E-state index contributed by atoms with van der Waals surface area (Å²) in [6.45, 7) is 1.21. The molecule has 0 radical (unpaired) electrons. The zero-order chi connectivity index (χ0) is 21.7. The average Bonchev–Trinajstić information content (AvgIpc) is 2.74. The third-order valence-electron chi connectivity index (χ3n) is 4.43. The predicted octanol–water partition coefficient (Wildman–Crippen LogP) is 3.98. The summed E-state index contributed by atoms with van der Waals surface area (Å²) >= 11 is 0. The summed E-state index contributed by atoms with van der Waals surface area (Å²) in [4.78, 5) is 12.6. The molecule has 0 spiro atoms. The van der Waals surface area contributed by atoms with Crippen molar-refractivity contribution >= 4 is 27.3 Å². The van der Waals surface area contributed by atoms with Crippen molar-refractivity contribution in [1.82, 2.24) is 0 Å². The Bertz CT molecular complexity index is 1150. The second-order valence-corrected chi connectivity index (χ2v) is 8.37. The quantitative estimate of drug-likeness (QED) is 0.618. The van der Waals surface area contributed by atoms with E-state index in [-0.39, 0.29) is 10.6 Å². The number of para-hydroxylation sites is 2. The van der Waals surface area contributed by atoms with Crippen LogP contribution in [-0.2, 0) is 14.8 Å². The lowest BCUT2D eigenvalue weighted by atomic mass is 10.2. The number of benzene rings is 3. The SMILES string of the molecule is COc1ccc(S(=O)(=O)N(CC(=O)Nc2ccccc2F)c2ccccc2)cc1C. The summed E-state index contributed by atoms with van der Waals surface area (Å²) in [5.41, 5.74) is 0.935. The molecule has 30 heavy (non-hydrogen) atoms. The Morgan fingerprint density at radius 1 is 1.03 bits per heavy atom. The maximum atomic E-state index is 13.9. The van der Waals surface area contributed by atoms with E-state index >= 15 is 0 Å². The minimum absolute atomic E-state index is 0.0170. The van der Waals surface area contributed by atoms with Gasteiger partial charge in [-0.1, -0.05) is 30.3 Å². The first-order valence-corrected chi connectivity index (χ1v) is 10.5. The minimum Gasteiger partial charge on any atom is -0.496 e. The second-order valence-electron chi connectivity index (χ2n) is 6.51. The van der Waals surface area contributed by atoms with Crippen LogP contribution in [-0.4, -0.2) is 28.0 Å². The van der Waals surface area contributed by atoms with Gasteiger partial charge in [-0.15, -0.1) is 0 Å². The number of aryl methyl sites for hydroxylation is 1. The number of sulfonamides is 1. The number of methoxy groups -OCH3 is 1. The lowest BCUT2D eigenvalue weighted by molar-refractivity contribution is -0.114. The Morgan fingerprint density at radius 2 is 1.70 bits per heavy atom. The molecule has 0 heterocycles. The van der Waals surface area contributed by atoms with Crippen molar-refractivity contribution in [1.29, 1.82) is 0 Å². The van der Waals surface area contributed by atoms with E-state index in [1.807, 2.05) is 0 Å². The van der Waals surface area contributed by atoms with Gasteiger partial charge in [0.1, 0.15) is 18.1 Å². The number of nitrogens with one attached hydrogen (secondary N) is 1. The molecular formula is C22H21FN2O4S. The van der Waals surface area contributed by atoms with E-state index < -0.39 is 28.3 Å². The van der Waals surface area contributed by atoms with Gasteiger partial charge < -0.3 is 10.1 Å². The first-order valence-electron chi connectivity index (χ1n) is 9.09. The first-order chi connectivity index (χ1) is 14.3. The van der Waals surface area contributed by atoms with Crippen LogP contribution >= 0.6 is 0 Å². The van der Waals surface area contributed by atoms with Gasteiger partial charge in [-0.25, -0.2) is 12.8 Å². The van der Waals surface area contributed by atoms with Crippen molar-refractivity contribution in [3.63, 3.8) is 0 Å². The van der Waals surface area contributed by atoms with Crippen LogP contribution in [0.3, 0.4) is 0 Å². The Morgan fingerprint density at radius 3 is 2.33 bits per heavy atom. The second kappa shape index (κ2) is 8.96. The van der Waals surface area contributed by atoms with Crippen molar-refractivity contribution in [2.45, 2.75) is 11.8 Å². The van der Waals surface area contributed by atoms with Crippen molar-refractivity contribution in [3.8, 4) is 5.75 Å². The molecule has 3 rings (SSSR count). The molecule has 0 aliphatic rings. The van der Waals surface area contributed by atoms with E-state index in [4.69, 9.17) is 4.74 Å². The summed E-state index contributed by atoms with van der Waals surface area (Å²) in [5.74, 6) is -0.721. The summed E-state index contributed by atoms with van der Waals surface area (Å²) in [5, 5.41) is 2.42. The van der Waals surface area contributed by atoms with Crippen LogP contribution in [0.4, 0.5) is 15.8 Å². The molecule has 0 bridgehead atoms. The van der Waals surface area contributed by atoms with E-state index in [2.05, 4.69) is 5.32 Å². The van der Waals surface area contributed by atoms with Gasteiger partial charge >= 0.3 is 0 Å². The Kier molecular flexibility index (Phi) is 6.37. The molecule has 1 N–H and O–H groups in total. The summed E-state index contributed by atoms with van der Waals surface area (Å²) in [7, 11) is -2.58. The first kappa shape index (κ1) is 21.3. The lowest BCUT2D eigenvalue weighted by Gasteiger charge is -2.24. The van der Waals surface area contributed by atoms with E-state index in [0.717, 1.165) is 4.31 Å². The summed E-state index contributed by atoms with van der Waals surface area (Å²) in [6.07, 6.45) is 0. The number of ether oxygens (including phenoxy) is 1. The predicted molar refractivity (Wildman–Crippen MR) is 114 cm³/mol. The van der Waals surface area contributed by atoms with E-state index in [9.17, 15) is 17.6 Å². The molecule has 0 fully saturated rings. The van der Waals surface area contributed by atoms with Crippen LogP contribution in [0.2, 0.25) is 0 Å². The zero-order valence-corrected chi connectivity index (χ0v) is 17.3. The highest BCUT2D eigenvalue weighted by Crippen LogP contribution is 2.27. The molecule has 0 unspecified atom stereocenters. The molecule has 0 aromatic heterocycles. The van der Waals surface area contributed by atoms with Crippen molar-refractivity contribution in [2.24, 2.45) is 0 Å². The molecule has 0 aliphatic heterocycles. The monoisotopic (exact) mass is 428 g/mol. The zero-order valence-electron chi connectivity index (χ0n) is 16.5.